The molecular formula is C15H20O4S. The van der Waals surface area contributed by atoms with E-state index in [1.54, 1.807) is 31.2 Å². The van der Waals surface area contributed by atoms with Crippen LogP contribution in [0.15, 0.2) is 29.2 Å². The van der Waals surface area contributed by atoms with E-state index in [1.807, 2.05) is 6.92 Å². The number of ether oxygens (including phenoxy) is 1. The van der Waals surface area contributed by atoms with Crippen molar-refractivity contribution in [2.45, 2.75) is 43.3 Å². The van der Waals surface area contributed by atoms with Crippen molar-refractivity contribution in [1.29, 1.82) is 0 Å². The van der Waals surface area contributed by atoms with E-state index in [9.17, 15) is 13.2 Å². The van der Waals surface area contributed by atoms with Gasteiger partial charge in [0.1, 0.15) is 0 Å². The summed E-state index contributed by atoms with van der Waals surface area (Å²) >= 11 is 0. The molecule has 0 unspecified atom stereocenters. The van der Waals surface area contributed by atoms with Crippen molar-refractivity contribution in [1.82, 2.24) is 0 Å². The van der Waals surface area contributed by atoms with Gasteiger partial charge in [-0.15, -0.1) is 0 Å². The van der Waals surface area contributed by atoms with Gasteiger partial charge < -0.3 is 4.74 Å². The van der Waals surface area contributed by atoms with Crippen molar-refractivity contribution < 1.29 is 17.9 Å². The molecule has 5 heteroatoms. The summed E-state index contributed by atoms with van der Waals surface area (Å²) in [5.41, 5.74) is 1.01. The largest absolute Gasteiger partial charge is 0.466 e. The van der Waals surface area contributed by atoms with Crippen LogP contribution in [0.3, 0.4) is 0 Å². The minimum atomic E-state index is -3.47. The van der Waals surface area contributed by atoms with Gasteiger partial charge in [0.05, 0.1) is 22.7 Å². The Labute approximate surface area is 120 Å². The fraction of sp³-hybridized carbons (Fsp3) is 0.533. The van der Waals surface area contributed by atoms with Crippen molar-refractivity contribution in [2.75, 3.05) is 6.61 Å². The predicted octanol–water partition coefficient (Wildman–Crippen LogP) is 2.50. The van der Waals surface area contributed by atoms with Gasteiger partial charge in [-0.25, -0.2) is 8.42 Å². The van der Waals surface area contributed by atoms with Crippen LogP contribution in [0.4, 0.5) is 0 Å². The van der Waals surface area contributed by atoms with Gasteiger partial charge in [-0.3, -0.25) is 4.79 Å². The summed E-state index contributed by atoms with van der Waals surface area (Å²) in [7, 11) is -3.47. The Morgan fingerprint density at radius 2 is 1.90 bits per heavy atom. The molecule has 1 aromatic carbocycles. The third-order valence-electron chi connectivity index (χ3n) is 3.79. The maximum Gasteiger partial charge on any atom is 0.310 e. The molecule has 0 N–H and O–H groups in total. The number of aryl methyl sites for hydroxylation is 1. The zero-order chi connectivity index (χ0) is 14.8. The molecule has 20 heavy (non-hydrogen) atoms. The molecule has 2 rings (SSSR count). The number of rotatable bonds is 4. The lowest BCUT2D eigenvalue weighted by atomic mass is 10.1. The average Bonchev–Trinajstić information content (AvgIpc) is 2.89. The first kappa shape index (κ1) is 15.0. The minimum Gasteiger partial charge on any atom is -0.466 e. The van der Waals surface area contributed by atoms with Crippen molar-refractivity contribution >= 4 is 15.8 Å². The van der Waals surface area contributed by atoms with Gasteiger partial charge in [-0.05, 0) is 38.8 Å². The number of benzene rings is 1. The first-order chi connectivity index (χ1) is 9.46. The molecule has 4 nitrogen and oxygen atoms in total. The smallest absolute Gasteiger partial charge is 0.310 e. The van der Waals surface area contributed by atoms with Crippen molar-refractivity contribution in [3.8, 4) is 0 Å². The maximum atomic E-state index is 12.7. The molecule has 0 bridgehead atoms. The number of esters is 1. The van der Waals surface area contributed by atoms with Crippen LogP contribution in [0.1, 0.15) is 31.7 Å². The molecule has 0 aromatic heterocycles. The molecule has 0 aliphatic heterocycles. The molecule has 0 spiro atoms. The Kier molecular flexibility index (Phi) is 4.48. The van der Waals surface area contributed by atoms with Crippen LogP contribution in [0.25, 0.3) is 0 Å². The second-order valence-corrected chi connectivity index (χ2v) is 7.35. The molecule has 110 valence electrons. The molecule has 1 fully saturated rings. The number of carbonyl (C=O) groups excluding carboxylic acids is 1. The highest BCUT2D eigenvalue weighted by atomic mass is 32.2. The second-order valence-electron chi connectivity index (χ2n) is 5.19. The second kappa shape index (κ2) is 5.95. The molecule has 0 heterocycles. The van der Waals surface area contributed by atoms with Crippen LogP contribution in [0.5, 0.6) is 0 Å². The minimum absolute atomic E-state index is 0.284. The monoisotopic (exact) mass is 296 g/mol. The quantitative estimate of drug-likeness (QED) is 0.801. The third kappa shape index (κ3) is 2.87. The Morgan fingerprint density at radius 3 is 2.50 bits per heavy atom. The topological polar surface area (TPSA) is 60.4 Å². The van der Waals surface area contributed by atoms with Gasteiger partial charge >= 0.3 is 5.97 Å². The number of hydrogen-bond donors (Lipinski definition) is 0. The lowest BCUT2D eigenvalue weighted by Gasteiger charge is -2.18. The summed E-state index contributed by atoms with van der Waals surface area (Å²) in [6.45, 7) is 3.93. The van der Waals surface area contributed by atoms with Gasteiger partial charge in [0, 0.05) is 0 Å². The van der Waals surface area contributed by atoms with Gasteiger partial charge in [-0.2, -0.15) is 0 Å². The van der Waals surface area contributed by atoms with E-state index in [4.69, 9.17) is 4.74 Å². The van der Waals surface area contributed by atoms with Crippen LogP contribution in [0, 0.1) is 12.8 Å². The number of hydrogen-bond acceptors (Lipinski definition) is 4. The highest BCUT2D eigenvalue weighted by Crippen LogP contribution is 2.35. The zero-order valence-corrected chi connectivity index (χ0v) is 12.7. The van der Waals surface area contributed by atoms with E-state index in [0.29, 0.717) is 17.7 Å². The Morgan fingerprint density at radius 1 is 1.25 bits per heavy atom. The van der Waals surface area contributed by atoms with Crippen LogP contribution in [-0.2, 0) is 19.4 Å². The van der Waals surface area contributed by atoms with Crippen molar-refractivity contribution in [3.05, 3.63) is 29.8 Å². The molecule has 1 aromatic rings. The van der Waals surface area contributed by atoms with E-state index in [0.717, 1.165) is 12.0 Å². The summed E-state index contributed by atoms with van der Waals surface area (Å²) < 4.78 is 30.3. The number of sulfone groups is 1. The fourth-order valence-corrected chi connectivity index (χ4v) is 4.74. The molecule has 1 aliphatic rings. The van der Waals surface area contributed by atoms with Crippen LogP contribution < -0.4 is 0 Å². The molecule has 1 aliphatic carbocycles. The van der Waals surface area contributed by atoms with E-state index in [1.165, 1.54) is 0 Å². The molecule has 1 saturated carbocycles. The first-order valence-corrected chi connectivity index (χ1v) is 8.48. The van der Waals surface area contributed by atoms with Crippen LogP contribution in [-0.4, -0.2) is 26.2 Å². The zero-order valence-electron chi connectivity index (χ0n) is 11.8. The molecule has 0 amide bonds. The summed E-state index contributed by atoms with van der Waals surface area (Å²) in [6, 6.07) is 6.79. The van der Waals surface area contributed by atoms with E-state index < -0.39 is 21.0 Å². The third-order valence-corrected chi connectivity index (χ3v) is 6.08. The Hall–Kier alpha value is -1.36. The molecular weight excluding hydrogens is 276 g/mol. The van der Waals surface area contributed by atoms with Crippen LogP contribution in [0.2, 0.25) is 0 Å². The summed E-state index contributed by atoms with van der Waals surface area (Å²) in [6.07, 6.45) is 1.87. The summed E-state index contributed by atoms with van der Waals surface area (Å²) in [5.74, 6) is -0.910. The Bertz CT molecular complexity index is 574. The molecule has 2 atom stereocenters. The van der Waals surface area contributed by atoms with Gasteiger partial charge in [0.25, 0.3) is 0 Å². The summed E-state index contributed by atoms with van der Waals surface area (Å²) in [4.78, 5) is 12.2. The maximum absolute atomic E-state index is 12.7. The summed E-state index contributed by atoms with van der Waals surface area (Å²) in [5, 5.41) is -0.649. The fourth-order valence-electron chi connectivity index (χ4n) is 2.72. The molecule has 0 saturated heterocycles. The van der Waals surface area contributed by atoms with Crippen LogP contribution >= 0.6 is 0 Å². The van der Waals surface area contributed by atoms with E-state index >= 15 is 0 Å². The van der Waals surface area contributed by atoms with Crippen molar-refractivity contribution in [3.63, 3.8) is 0 Å². The Balaban J connectivity index is 2.28. The standard InChI is InChI=1S/C15H20O4S/c1-3-19-15(16)13-5-4-6-14(13)20(17,18)12-9-7-11(2)8-10-12/h7-10,13-14H,3-6H2,1-2H3/t13-,14-/m0/s1. The highest BCUT2D eigenvalue weighted by Gasteiger charge is 2.42. The van der Waals surface area contributed by atoms with Crippen molar-refractivity contribution in [2.24, 2.45) is 5.92 Å². The predicted molar refractivity (Wildman–Crippen MR) is 76.1 cm³/mol. The average molecular weight is 296 g/mol. The lowest BCUT2D eigenvalue weighted by molar-refractivity contribution is -0.147. The van der Waals surface area contributed by atoms with Gasteiger partial charge in [0.15, 0.2) is 9.84 Å². The highest BCUT2D eigenvalue weighted by molar-refractivity contribution is 7.92. The van der Waals surface area contributed by atoms with E-state index in [-0.39, 0.29) is 12.6 Å². The van der Waals surface area contributed by atoms with Gasteiger partial charge in [-0.1, -0.05) is 24.1 Å². The van der Waals surface area contributed by atoms with E-state index in [2.05, 4.69) is 0 Å². The normalized spacial score (nSPS) is 22.7. The lowest BCUT2D eigenvalue weighted by Crippen LogP contribution is -2.32. The SMILES string of the molecule is CCOC(=O)[C@H]1CCC[C@@H]1S(=O)(=O)c1ccc(C)cc1. The molecule has 0 radical (unpaired) electrons. The number of carbonyl (C=O) groups is 1. The van der Waals surface area contributed by atoms with Gasteiger partial charge in [0.2, 0.25) is 0 Å². The first-order valence-electron chi connectivity index (χ1n) is 6.94.